The Labute approximate surface area is 149 Å². The molecule has 0 heterocycles. The third-order valence-electron chi connectivity index (χ3n) is 3.48. The fourth-order valence-electron chi connectivity index (χ4n) is 2.04. The summed E-state index contributed by atoms with van der Waals surface area (Å²) in [5.74, 6) is -4.48. The van der Waals surface area contributed by atoms with E-state index in [1.165, 1.54) is 24.3 Å². The first-order chi connectivity index (χ1) is 12.3. The predicted molar refractivity (Wildman–Crippen MR) is 89.4 cm³/mol. The first-order valence-electron chi connectivity index (χ1n) is 7.64. The van der Waals surface area contributed by atoms with Gasteiger partial charge in [0.15, 0.2) is 0 Å². The molecule has 7 heteroatoms. The van der Waals surface area contributed by atoms with Gasteiger partial charge in [0.25, 0.3) is 0 Å². The number of ether oxygens (including phenoxy) is 2. The SMILES string of the molecule is CC(CC(=O)OC(=O)c1ccccc1)(OC(=O)c1ccccc1)C(=O)O. The van der Waals surface area contributed by atoms with Gasteiger partial charge >= 0.3 is 23.9 Å². The maximum absolute atomic E-state index is 12.1. The maximum Gasteiger partial charge on any atom is 0.348 e. The minimum atomic E-state index is -2.18. The van der Waals surface area contributed by atoms with Gasteiger partial charge in [-0.15, -0.1) is 0 Å². The van der Waals surface area contributed by atoms with Gasteiger partial charge in [0, 0.05) is 0 Å². The Kier molecular flexibility index (Phi) is 5.85. The molecule has 2 aromatic carbocycles. The second-order valence-electron chi connectivity index (χ2n) is 5.60. The molecule has 1 atom stereocenters. The minimum absolute atomic E-state index is 0.133. The molecule has 1 N–H and O–H groups in total. The summed E-state index contributed by atoms with van der Waals surface area (Å²) in [5.41, 5.74) is -1.91. The molecule has 0 saturated heterocycles. The highest BCUT2D eigenvalue weighted by atomic mass is 16.6. The van der Waals surface area contributed by atoms with Crippen molar-refractivity contribution in [2.45, 2.75) is 18.9 Å². The fourth-order valence-corrected chi connectivity index (χ4v) is 2.04. The van der Waals surface area contributed by atoms with Crippen LogP contribution < -0.4 is 0 Å². The summed E-state index contributed by atoms with van der Waals surface area (Å²) in [6.45, 7) is 1.06. The van der Waals surface area contributed by atoms with Crippen LogP contribution in [0.4, 0.5) is 0 Å². The fraction of sp³-hybridized carbons (Fsp3) is 0.158. The number of rotatable bonds is 6. The molecule has 0 amide bonds. The Morgan fingerprint density at radius 3 is 1.77 bits per heavy atom. The number of carboxylic acid groups (broad SMARTS) is 1. The van der Waals surface area contributed by atoms with E-state index >= 15 is 0 Å². The van der Waals surface area contributed by atoms with E-state index in [-0.39, 0.29) is 11.1 Å². The number of carbonyl (C=O) groups excluding carboxylic acids is 3. The highest BCUT2D eigenvalue weighted by Gasteiger charge is 2.41. The van der Waals surface area contributed by atoms with Gasteiger partial charge in [0.05, 0.1) is 17.5 Å². The van der Waals surface area contributed by atoms with Crippen LogP contribution in [0.25, 0.3) is 0 Å². The van der Waals surface area contributed by atoms with Gasteiger partial charge in [-0.25, -0.2) is 14.4 Å². The molecule has 0 aliphatic heterocycles. The molecule has 7 nitrogen and oxygen atoms in total. The van der Waals surface area contributed by atoms with Crippen molar-refractivity contribution in [3.8, 4) is 0 Å². The Morgan fingerprint density at radius 2 is 1.31 bits per heavy atom. The zero-order valence-electron chi connectivity index (χ0n) is 13.9. The lowest BCUT2D eigenvalue weighted by atomic mass is 10.0. The van der Waals surface area contributed by atoms with Crippen LogP contribution in [0.15, 0.2) is 60.7 Å². The Balaban J connectivity index is 2.06. The molecule has 0 aromatic heterocycles. The van der Waals surface area contributed by atoms with E-state index < -0.39 is 35.9 Å². The quantitative estimate of drug-likeness (QED) is 0.626. The lowest BCUT2D eigenvalue weighted by molar-refractivity contribution is -0.164. The first-order valence-corrected chi connectivity index (χ1v) is 7.64. The summed E-state index contributed by atoms with van der Waals surface area (Å²) < 4.78 is 9.63. The minimum Gasteiger partial charge on any atom is -0.478 e. The summed E-state index contributed by atoms with van der Waals surface area (Å²) in [4.78, 5) is 47.4. The molecule has 0 saturated carbocycles. The Morgan fingerprint density at radius 1 is 0.846 bits per heavy atom. The van der Waals surface area contributed by atoms with Crippen molar-refractivity contribution in [1.82, 2.24) is 0 Å². The molecule has 0 aliphatic rings. The van der Waals surface area contributed by atoms with Gasteiger partial charge < -0.3 is 14.6 Å². The second-order valence-corrected chi connectivity index (χ2v) is 5.60. The third kappa shape index (κ3) is 4.76. The largest absolute Gasteiger partial charge is 0.478 e. The monoisotopic (exact) mass is 356 g/mol. The molecule has 0 spiro atoms. The first kappa shape index (κ1) is 18.9. The Hall–Kier alpha value is -3.48. The molecular weight excluding hydrogens is 340 g/mol. The number of esters is 3. The van der Waals surface area contributed by atoms with Crippen molar-refractivity contribution in [2.24, 2.45) is 0 Å². The van der Waals surface area contributed by atoms with Crippen molar-refractivity contribution in [3.63, 3.8) is 0 Å². The number of hydrogen-bond acceptors (Lipinski definition) is 6. The van der Waals surface area contributed by atoms with Crippen LogP contribution in [0.5, 0.6) is 0 Å². The van der Waals surface area contributed by atoms with E-state index in [2.05, 4.69) is 4.74 Å². The van der Waals surface area contributed by atoms with Crippen LogP contribution in [0, 0.1) is 0 Å². The van der Waals surface area contributed by atoms with E-state index in [0.29, 0.717) is 0 Å². The predicted octanol–water partition coefficient (Wildman–Crippen LogP) is 2.46. The molecule has 0 bridgehead atoms. The van der Waals surface area contributed by atoms with Crippen molar-refractivity contribution in [2.75, 3.05) is 0 Å². The summed E-state index contributed by atoms with van der Waals surface area (Å²) in [6, 6.07) is 15.5. The Bertz CT molecular complexity index is 814. The van der Waals surface area contributed by atoms with Crippen LogP contribution in [-0.4, -0.2) is 34.6 Å². The smallest absolute Gasteiger partial charge is 0.348 e. The van der Waals surface area contributed by atoms with E-state index in [0.717, 1.165) is 6.92 Å². The maximum atomic E-state index is 12.1. The topological polar surface area (TPSA) is 107 Å². The molecular formula is C19H16O7. The average Bonchev–Trinajstić information content (AvgIpc) is 2.62. The number of benzene rings is 2. The third-order valence-corrected chi connectivity index (χ3v) is 3.48. The van der Waals surface area contributed by atoms with E-state index in [9.17, 15) is 24.3 Å². The van der Waals surface area contributed by atoms with Gasteiger partial charge in [-0.2, -0.15) is 0 Å². The molecule has 1 unspecified atom stereocenters. The van der Waals surface area contributed by atoms with Gasteiger partial charge in [0.1, 0.15) is 0 Å². The van der Waals surface area contributed by atoms with Gasteiger partial charge in [0.2, 0.25) is 5.60 Å². The summed E-state index contributed by atoms with van der Waals surface area (Å²) in [5, 5.41) is 9.36. The van der Waals surface area contributed by atoms with E-state index in [4.69, 9.17) is 4.74 Å². The van der Waals surface area contributed by atoms with Crippen LogP contribution in [0.2, 0.25) is 0 Å². The number of aliphatic carboxylic acids is 1. The lowest BCUT2D eigenvalue weighted by Crippen LogP contribution is -2.43. The van der Waals surface area contributed by atoms with Crippen LogP contribution in [0.3, 0.4) is 0 Å². The van der Waals surface area contributed by atoms with Gasteiger partial charge in [-0.05, 0) is 31.2 Å². The van der Waals surface area contributed by atoms with Crippen LogP contribution in [0.1, 0.15) is 34.1 Å². The normalized spacial score (nSPS) is 12.5. The second kappa shape index (κ2) is 8.06. The van der Waals surface area contributed by atoms with Crippen molar-refractivity contribution in [1.29, 1.82) is 0 Å². The van der Waals surface area contributed by atoms with Gasteiger partial charge in [-0.3, -0.25) is 4.79 Å². The zero-order valence-corrected chi connectivity index (χ0v) is 13.9. The van der Waals surface area contributed by atoms with Gasteiger partial charge in [-0.1, -0.05) is 36.4 Å². The summed E-state index contributed by atoms with van der Waals surface area (Å²) in [6.07, 6.45) is -0.820. The van der Waals surface area contributed by atoms with E-state index in [1.807, 2.05) is 0 Å². The summed E-state index contributed by atoms with van der Waals surface area (Å²) in [7, 11) is 0. The molecule has 134 valence electrons. The molecule has 0 radical (unpaired) electrons. The highest BCUT2D eigenvalue weighted by molar-refractivity contribution is 5.99. The standard InChI is InChI=1S/C19H16O7/c1-19(18(23)24,26-17(22)14-10-6-3-7-11-14)12-15(20)25-16(21)13-8-4-2-5-9-13/h2-11H,12H2,1H3,(H,23,24). The highest BCUT2D eigenvalue weighted by Crippen LogP contribution is 2.20. The summed E-state index contributed by atoms with van der Waals surface area (Å²) >= 11 is 0. The molecule has 0 aliphatic carbocycles. The zero-order chi connectivity index (χ0) is 19.2. The molecule has 0 fully saturated rings. The van der Waals surface area contributed by atoms with Crippen molar-refractivity contribution in [3.05, 3.63) is 71.8 Å². The number of carbonyl (C=O) groups is 4. The lowest BCUT2D eigenvalue weighted by Gasteiger charge is -2.23. The van der Waals surface area contributed by atoms with Crippen molar-refractivity contribution >= 4 is 23.9 Å². The van der Waals surface area contributed by atoms with Crippen molar-refractivity contribution < 1.29 is 33.8 Å². The average molecular weight is 356 g/mol. The van der Waals surface area contributed by atoms with Crippen LogP contribution >= 0.6 is 0 Å². The molecule has 2 aromatic rings. The number of carboxylic acids is 1. The number of hydrogen-bond donors (Lipinski definition) is 1. The molecule has 26 heavy (non-hydrogen) atoms. The van der Waals surface area contributed by atoms with E-state index in [1.54, 1.807) is 36.4 Å². The molecule has 2 rings (SSSR count). The van der Waals surface area contributed by atoms with Crippen LogP contribution in [-0.2, 0) is 19.1 Å².